The van der Waals surface area contributed by atoms with E-state index in [1.807, 2.05) is 13.8 Å². The Hall–Kier alpha value is -1.26. The van der Waals surface area contributed by atoms with Gasteiger partial charge in [0.2, 0.25) is 0 Å². The van der Waals surface area contributed by atoms with Crippen molar-refractivity contribution in [1.29, 1.82) is 0 Å². The number of hydrogen-bond donors (Lipinski definition) is 3. The maximum atomic E-state index is 11.6. The van der Waals surface area contributed by atoms with Gasteiger partial charge >= 0.3 is 12.0 Å². The van der Waals surface area contributed by atoms with Crippen LogP contribution in [0, 0.1) is 5.92 Å². The molecule has 18 heavy (non-hydrogen) atoms. The molecule has 0 atom stereocenters. The van der Waals surface area contributed by atoms with Crippen LogP contribution in [-0.4, -0.2) is 29.2 Å². The number of amides is 2. The molecular weight excluding hydrogens is 232 g/mol. The molecule has 0 aliphatic heterocycles. The molecule has 2 amide bonds. The molecular formula is C13H24N2O3. The predicted octanol–water partition coefficient (Wildman–Crippen LogP) is 2.12. The maximum absolute atomic E-state index is 11.6. The van der Waals surface area contributed by atoms with E-state index in [-0.39, 0.29) is 12.5 Å². The molecule has 0 bridgehead atoms. The van der Waals surface area contributed by atoms with E-state index in [1.54, 1.807) is 0 Å². The Bertz CT molecular complexity index is 299. The lowest BCUT2D eigenvalue weighted by Gasteiger charge is -2.25. The molecule has 5 heteroatoms. The smallest absolute Gasteiger partial charge is 0.315 e. The summed E-state index contributed by atoms with van der Waals surface area (Å²) in [4.78, 5) is 22.1. The number of carboxylic acids is 1. The summed E-state index contributed by atoms with van der Waals surface area (Å²) in [5.41, 5.74) is -0.487. The molecule has 1 aliphatic rings. The van der Waals surface area contributed by atoms with Crippen molar-refractivity contribution in [1.82, 2.24) is 10.6 Å². The third-order valence-electron chi connectivity index (χ3n) is 3.19. The summed E-state index contributed by atoms with van der Waals surface area (Å²) >= 11 is 0. The number of nitrogens with one attached hydrogen (secondary N) is 2. The summed E-state index contributed by atoms with van der Waals surface area (Å²) in [5.74, 6) is 0.0524. The Balaban J connectivity index is 2.10. The van der Waals surface area contributed by atoms with Crippen molar-refractivity contribution in [3.05, 3.63) is 0 Å². The molecule has 104 valence electrons. The third kappa shape index (κ3) is 7.14. The maximum Gasteiger partial charge on any atom is 0.315 e. The van der Waals surface area contributed by atoms with Gasteiger partial charge in [-0.1, -0.05) is 12.8 Å². The molecule has 0 aromatic rings. The minimum Gasteiger partial charge on any atom is -0.481 e. The van der Waals surface area contributed by atoms with Gasteiger partial charge in [-0.05, 0) is 39.0 Å². The molecule has 1 saturated carbocycles. The Morgan fingerprint density at radius 2 is 2.00 bits per heavy atom. The van der Waals surface area contributed by atoms with E-state index in [1.165, 1.54) is 19.3 Å². The average molecular weight is 256 g/mol. The zero-order valence-electron chi connectivity index (χ0n) is 11.3. The summed E-state index contributed by atoms with van der Waals surface area (Å²) in [6, 6.07) is -0.207. The van der Waals surface area contributed by atoms with Gasteiger partial charge in [-0.2, -0.15) is 0 Å². The van der Waals surface area contributed by atoms with E-state index in [2.05, 4.69) is 10.6 Å². The van der Waals surface area contributed by atoms with Crippen molar-refractivity contribution < 1.29 is 14.7 Å². The number of urea groups is 1. The van der Waals surface area contributed by atoms with E-state index in [9.17, 15) is 9.59 Å². The molecule has 3 N–H and O–H groups in total. The Morgan fingerprint density at radius 1 is 1.33 bits per heavy atom. The Kier molecular flexibility index (Phi) is 5.44. The van der Waals surface area contributed by atoms with Gasteiger partial charge in [-0.25, -0.2) is 4.79 Å². The zero-order chi connectivity index (χ0) is 13.6. The SMILES string of the molecule is CC(C)(CCC(=O)O)NC(=O)NCCCC1CC1. The van der Waals surface area contributed by atoms with Gasteiger partial charge < -0.3 is 15.7 Å². The molecule has 0 unspecified atom stereocenters. The minimum absolute atomic E-state index is 0.0644. The summed E-state index contributed by atoms with van der Waals surface area (Å²) in [7, 11) is 0. The van der Waals surface area contributed by atoms with Crippen molar-refractivity contribution in [3.63, 3.8) is 0 Å². The highest BCUT2D eigenvalue weighted by Crippen LogP contribution is 2.33. The van der Waals surface area contributed by atoms with E-state index >= 15 is 0 Å². The molecule has 0 aromatic carbocycles. The number of hydrogen-bond acceptors (Lipinski definition) is 2. The molecule has 5 nitrogen and oxygen atoms in total. The van der Waals surface area contributed by atoms with Crippen LogP contribution >= 0.6 is 0 Å². The minimum atomic E-state index is -0.838. The van der Waals surface area contributed by atoms with Gasteiger partial charge in [0.25, 0.3) is 0 Å². The molecule has 0 radical (unpaired) electrons. The zero-order valence-corrected chi connectivity index (χ0v) is 11.3. The number of aliphatic carboxylic acids is 1. The Labute approximate surface area is 108 Å². The van der Waals surface area contributed by atoms with Gasteiger partial charge in [0.1, 0.15) is 0 Å². The van der Waals surface area contributed by atoms with Crippen LogP contribution < -0.4 is 10.6 Å². The second kappa shape index (κ2) is 6.61. The van der Waals surface area contributed by atoms with Crippen molar-refractivity contribution in [3.8, 4) is 0 Å². The first-order valence-electron chi connectivity index (χ1n) is 6.67. The number of rotatable bonds is 8. The van der Waals surface area contributed by atoms with Crippen LogP contribution in [0.2, 0.25) is 0 Å². The highest BCUT2D eigenvalue weighted by molar-refractivity contribution is 5.74. The lowest BCUT2D eigenvalue weighted by Crippen LogP contribution is -2.48. The highest BCUT2D eigenvalue weighted by Gasteiger charge is 2.22. The van der Waals surface area contributed by atoms with E-state index in [4.69, 9.17) is 5.11 Å². The van der Waals surface area contributed by atoms with Crippen molar-refractivity contribution in [2.45, 2.75) is 57.9 Å². The summed E-state index contributed by atoms with van der Waals surface area (Å²) < 4.78 is 0. The number of carbonyl (C=O) groups is 2. The molecule has 1 fully saturated rings. The van der Waals surface area contributed by atoms with Gasteiger partial charge in [0, 0.05) is 18.5 Å². The molecule has 1 rings (SSSR count). The first kappa shape index (κ1) is 14.8. The van der Waals surface area contributed by atoms with Crippen LogP contribution in [0.15, 0.2) is 0 Å². The molecule has 0 saturated heterocycles. The van der Waals surface area contributed by atoms with Crippen LogP contribution in [0.4, 0.5) is 4.79 Å². The van der Waals surface area contributed by atoms with E-state index < -0.39 is 11.5 Å². The fourth-order valence-corrected chi connectivity index (χ4v) is 1.83. The summed E-state index contributed by atoms with van der Waals surface area (Å²) in [6.07, 6.45) is 5.39. The van der Waals surface area contributed by atoms with Crippen LogP contribution in [0.25, 0.3) is 0 Å². The topological polar surface area (TPSA) is 78.4 Å². The van der Waals surface area contributed by atoms with Gasteiger partial charge in [-0.15, -0.1) is 0 Å². The Morgan fingerprint density at radius 3 is 2.56 bits per heavy atom. The lowest BCUT2D eigenvalue weighted by atomic mass is 9.99. The molecule has 0 spiro atoms. The fraction of sp³-hybridized carbons (Fsp3) is 0.846. The van der Waals surface area contributed by atoms with Gasteiger partial charge in [0.15, 0.2) is 0 Å². The second-order valence-corrected chi connectivity index (χ2v) is 5.74. The molecule has 1 aliphatic carbocycles. The van der Waals surface area contributed by atoms with Gasteiger partial charge in [-0.3, -0.25) is 4.79 Å². The van der Waals surface area contributed by atoms with Crippen LogP contribution in [0.1, 0.15) is 52.4 Å². The number of carbonyl (C=O) groups excluding carboxylic acids is 1. The van der Waals surface area contributed by atoms with Gasteiger partial charge in [0.05, 0.1) is 0 Å². The normalized spacial score (nSPS) is 15.2. The van der Waals surface area contributed by atoms with E-state index in [0.717, 1.165) is 12.3 Å². The largest absolute Gasteiger partial charge is 0.481 e. The third-order valence-corrected chi connectivity index (χ3v) is 3.19. The summed E-state index contributed by atoms with van der Waals surface area (Å²) in [5, 5.41) is 14.2. The average Bonchev–Trinajstić information content (AvgIpc) is 3.05. The highest BCUT2D eigenvalue weighted by atomic mass is 16.4. The fourth-order valence-electron chi connectivity index (χ4n) is 1.83. The second-order valence-electron chi connectivity index (χ2n) is 5.74. The lowest BCUT2D eigenvalue weighted by molar-refractivity contribution is -0.137. The van der Waals surface area contributed by atoms with Crippen molar-refractivity contribution >= 4 is 12.0 Å². The summed E-state index contributed by atoms with van der Waals surface area (Å²) in [6.45, 7) is 4.36. The monoisotopic (exact) mass is 256 g/mol. The number of carboxylic acid groups (broad SMARTS) is 1. The quantitative estimate of drug-likeness (QED) is 0.582. The van der Waals surface area contributed by atoms with Crippen molar-refractivity contribution in [2.75, 3.05) is 6.54 Å². The van der Waals surface area contributed by atoms with Crippen LogP contribution in [0.3, 0.4) is 0 Å². The first-order chi connectivity index (χ1) is 8.39. The first-order valence-corrected chi connectivity index (χ1v) is 6.67. The van der Waals surface area contributed by atoms with Crippen molar-refractivity contribution in [2.24, 2.45) is 5.92 Å². The molecule has 0 heterocycles. The predicted molar refractivity (Wildman–Crippen MR) is 69.4 cm³/mol. The molecule has 0 aromatic heterocycles. The van der Waals surface area contributed by atoms with E-state index in [0.29, 0.717) is 13.0 Å². The van der Waals surface area contributed by atoms with Crippen LogP contribution in [-0.2, 0) is 4.79 Å². The van der Waals surface area contributed by atoms with Crippen LogP contribution in [0.5, 0.6) is 0 Å². The standard InChI is InChI=1S/C13H24N2O3/c1-13(2,8-7-11(16)17)15-12(18)14-9-3-4-10-5-6-10/h10H,3-9H2,1-2H3,(H,16,17)(H2,14,15,18).